The zero-order valence-electron chi connectivity index (χ0n) is 12.9. The highest BCUT2D eigenvalue weighted by molar-refractivity contribution is 5.53. The molecule has 0 unspecified atom stereocenters. The van der Waals surface area contributed by atoms with Gasteiger partial charge >= 0.3 is 0 Å². The zero-order chi connectivity index (χ0) is 15.5. The third-order valence-electron chi connectivity index (χ3n) is 3.89. The van der Waals surface area contributed by atoms with Crippen molar-refractivity contribution in [2.24, 2.45) is 0 Å². The van der Waals surface area contributed by atoms with Crippen molar-refractivity contribution in [1.29, 1.82) is 0 Å². The van der Waals surface area contributed by atoms with Gasteiger partial charge in [-0.3, -0.25) is 0 Å². The maximum atomic E-state index is 13.9. The first-order chi connectivity index (χ1) is 10.6. The van der Waals surface area contributed by atoms with E-state index in [-0.39, 0.29) is 5.82 Å². The smallest absolute Gasteiger partial charge is 0.146 e. The lowest BCUT2D eigenvalue weighted by Gasteiger charge is -2.36. The van der Waals surface area contributed by atoms with Crippen LogP contribution in [0.4, 0.5) is 21.7 Å². The van der Waals surface area contributed by atoms with Gasteiger partial charge in [-0.25, -0.2) is 14.4 Å². The van der Waals surface area contributed by atoms with Crippen LogP contribution in [-0.2, 0) is 0 Å². The van der Waals surface area contributed by atoms with Crippen molar-refractivity contribution in [3.8, 4) is 0 Å². The Morgan fingerprint density at radius 3 is 2.36 bits per heavy atom. The van der Waals surface area contributed by atoms with Gasteiger partial charge in [0.25, 0.3) is 0 Å². The number of hydrogen-bond donors (Lipinski definition) is 0. The van der Waals surface area contributed by atoms with Crippen molar-refractivity contribution in [1.82, 2.24) is 9.97 Å². The second-order valence-electron chi connectivity index (χ2n) is 5.55. The molecule has 0 amide bonds. The molecule has 3 rings (SSSR count). The molecule has 0 bridgehead atoms. The minimum absolute atomic E-state index is 0.159. The SMILES string of the molecule is CN(C)c1cc(N2CCN(c3ccccc3F)CC2)ncn1. The molecule has 1 aliphatic rings. The van der Waals surface area contributed by atoms with Gasteiger partial charge < -0.3 is 14.7 Å². The highest BCUT2D eigenvalue weighted by atomic mass is 19.1. The highest BCUT2D eigenvalue weighted by Crippen LogP contribution is 2.22. The average molecular weight is 301 g/mol. The summed E-state index contributed by atoms with van der Waals surface area (Å²) in [6, 6.07) is 8.92. The van der Waals surface area contributed by atoms with Gasteiger partial charge in [0.2, 0.25) is 0 Å². The Morgan fingerprint density at radius 2 is 1.68 bits per heavy atom. The Bertz CT molecular complexity index is 638. The molecule has 2 aromatic rings. The van der Waals surface area contributed by atoms with Crippen molar-refractivity contribution >= 4 is 17.3 Å². The molecule has 2 heterocycles. The summed E-state index contributed by atoms with van der Waals surface area (Å²) in [6.07, 6.45) is 1.59. The molecule has 1 fully saturated rings. The third-order valence-corrected chi connectivity index (χ3v) is 3.89. The summed E-state index contributed by atoms with van der Waals surface area (Å²) < 4.78 is 13.9. The summed E-state index contributed by atoms with van der Waals surface area (Å²) in [5.74, 6) is 1.65. The highest BCUT2D eigenvalue weighted by Gasteiger charge is 2.20. The molecule has 1 aromatic carbocycles. The largest absolute Gasteiger partial charge is 0.366 e. The van der Waals surface area contributed by atoms with E-state index in [9.17, 15) is 4.39 Å². The summed E-state index contributed by atoms with van der Waals surface area (Å²) in [5, 5.41) is 0. The van der Waals surface area contributed by atoms with E-state index in [1.807, 2.05) is 37.2 Å². The van der Waals surface area contributed by atoms with Gasteiger partial charge in [0.15, 0.2) is 0 Å². The fourth-order valence-electron chi connectivity index (χ4n) is 2.64. The lowest BCUT2D eigenvalue weighted by Crippen LogP contribution is -2.47. The molecule has 22 heavy (non-hydrogen) atoms. The number of hydrogen-bond acceptors (Lipinski definition) is 5. The molecule has 6 heteroatoms. The quantitative estimate of drug-likeness (QED) is 0.866. The zero-order valence-corrected chi connectivity index (χ0v) is 12.9. The molecule has 116 valence electrons. The van der Waals surface area contributed by atoms with Crippen LogP contribution in [0.1, 0.15) is 0 Å². The van der Waals surface area contributed by atoms with Crippen LogP contribution in [-0.4, -0.2) is 50.2 Å². The minimum Gasteiger partial charge on any atom is -0.366 e. The lowest BCUT2D eigenvalue weighted by atomic mass is 10.2. The monoisotopic (exact) mass is 301 g/mol. The Labute approximate surface area is 130 Å². The lowest BCUT2D eigenvalue weighted by molar-refractivity contribution is 0.596. The molecule has 0 atom stereocenters. The molecular formula is C16H20FN5. The molecule has 1 aromatic heterocycles. The summed E-state index contributed by atoms with van der Waals surface area (Å²) in [6.45, 7) is 3.20. The van der Waals surface area contributed by atoms with Gasteiger partial charge in [0, 0.05) is 46.3 Å². The van der Waals surface area contributed by atoms with Crippen LogP contribution in [0.25, 0.3) is 0 Å². The Kier molecular flexibility index (Phi) is 4.09. The van der Waals surface area contributed by atoms with E-state index < -0.39 is 0 Å². The van der Waals surface area contributed by atoms with Gasteiger partial charge in [-0.15, -0.1) is 0 Å². The first kappa shape index (κ1) is 14.6. The molecule has 1 saturated heterocycles. The van der Waals surface area contributed by atoms with Gasteiger partial charge in [-0.1, -0.05) is 12.1 Å². The molecule has 0 radical (unpaired) electrons. The fraction of sp³-hybridized carbons (Fsp3) is 0.375. The molecule has 1 aliphatic heterocycles. The average Bonchev–Trinajstić information content (AvgIpc) is 2.56. The van der Waals surface area contributed by atoms with E-state index in [0.29, 0.717) is 5.69 Å². The summed E-state index contributed by atoms with van der Waals surface area (Å²) in [7, 11) is 3.92. The maximum absolute atomic E-state index is 13.9. The normalized spacial score (nSPS) is 15.0. The first-order valence-corrected chi connectivity index (χ1v) is 7.39. The van der Waals surface area contributed by atoms with Crippen molar-refractivity contribution in [2.45, 2.75) is 0 Å². The maximum Gasteiger partial charge on any atom is 0.146 e. The minimum atomic E-state index is -0.159. The summed E-state index contributed by atoms with van der Waals surface area (Å²) in [4.78, 5) is 14.8. The van der Waals surface area contributed by atoms with Gasteiger partial charge in [0.05, 0.1) is 5.69 Å². The van der Waals surface area contributed by atoms with Gasteiger partial charge in [-0.2, -0.15) is 0 Å². The van der Waals surface area contributed by atoms with E-state index in [4.69, 9.17) is 0 Å². The van der Waals surface area contributed by atoms with Crippen LogP contribution >= 0.6 is 0 Å². The number of para-hydroxylation sites is 1. The third kappa shape index (κ3) is 2.95. The van der Waals surface area contributed by atoms with E-state index in [0.717, 1.165) is 37.8 Å². The molecule has 0 saturated carbocycles. The van der Waals surface area contributed by atoms with E-state index in [1.165, 1.54) is 6.07 Å². The Hall–Kier alpha value is -2.37. The van der Waals surface area contributed by atoms with Crippen LogP contribution in [0, 0.1) is 5.82 Å². The predicted molar refractivity (Wildman–Crippen MR) is 87.2 cm³/mol. The number of aromatic nitrogens is 2. The molecular weight excluding hydrogens is 281 g/mol. The summed E-state index contributed by atoms with van der Waals surface area (Å²) in [5.41, 5.74) is 0.679. The second-order valence-corrected chi connectivity index (χ2v) is 5.55. The number of nitrogens with zero attached hydrogens (tertiary/aromatic N) is 5. The molecule has 5 nitrogen and oxygen atoms in total. The van der Waals surface area contributed by atoms with Crippen molar-refractivity contribution < 1.29 is 4.39 Å². The molecule has 0 spiro atoms. The van der Waals surface area contributed by atoms with Crippen LogP contribution in [0.2, 0.25) is 0 Å². The predicted octanol–water partition coefficient (Wildman–Crippen LogP) is 2.01. The first-order valence-electron chi connectivity index (χ1n) is 7.39. The van der Waals surface area contributed by atoms with E-state index in [1.54, 1.807) is 12.4 Å². The Morgan fingerprint density at radius 1 is 1.00 bits per heavy atom. The molecule has 0 N–H and O–H groups in total. The fourth-order valence-corrected chi connectivity index (χ4v) is 2.64. The topological polar surface area (TPSA) is 35.5 Å². The van der Waals surface area contributed by atoms with Crippen molar-refractivity contribution in [3.05, 3.63) is 42.5 Å². The molecule has 0 aliphatic carbocycles. The number of piperazine rings is 1. The van der Waals surface area contributed by atoms with E-state index >= 15 is 0 Å². The number of rotatable bonds is 3. The summed E-state index contributed by atoms with van der Waals surface area (Å²) >= 11 is 0. The second kappa shape index (κ2) is 6.17. The van der Waals surface area contributed by atoms with Crippen LogP contribution in [0.15, 0.2) is 36.7 Å². The number of anilines is 3. The number of halogens is 1. The van der Waals surface area contributed by atoms with Gasteiger partial charge in [0.1, 0.15) is 23.8 Å². The van der Waals surface area contributed by atoms with E-state index in [2.05, 4.69) is 19.8 Å². The van der Waals surface area contributed by atoms with Crippen LogP contribution in [0.5, 0.6) is 0 Å². The van der Waals surface area contributed by atoms with Crippen LogP contribution < -0.4 is 14.7 Å². The standard InChI is InChI=1S/C16H20FN5/c1-20(2)15-11-16(19-12-18-15)22-9-7-21(8-10-22)14-6-4-3-5-13(14)17/h3-6,11-12H,7-10H2,1-2H3. The number of benzene rings is 1. The van der Waals surface area contributed by atoms with Crippen LogP contribution in [0.3, 0.4) is 0 Å². The van der Waals surface area contributed by atoms with Crippen molar-refractivity contribution in [3.63, 3.8) is 0 Å². The van der Waals surface area contributed by atoms with Crippen molar-refractivity contribution in [2.75, 3.05) is 55.0 Å². The Balaban J connectivity index is 1.69. The van der Waals surface area contributed by atoms with Gasteiger partial charge in [-0.05, 0) is 12.1 Å².